The highest BCUT2D eigenvalue weighted by molar-refractivity contribution is 5.70. The number of nitrogens with zero attached hydrogens (tertiary/aromatic N) is 4. The van der Waals surface area contributed by atoms with Crippen LogP contribution in [0.2, 0.25) is 0 Å². The van der Waals surface area contributed by atoms with E-state index in [1.54, 1.807) is 4.90 Å². The highest BCUT2D eigenvalue weighted by Crippen LogP contribution is 2.32. The van der Waals surface area contributed by atoms with E-state index in [9.17, 15) is 18.0 Å². The minimum Gasteiger partial charge on any atom is -0.481 e. The maximum Gasteiger partial charge on any atom is 0.433 e. The molecular formula is C16H15F3N4O2. The van der Waals surface area contributed by atoms with Gasteiger partial charge in [0.15, 0.2) is 11.5 Å². The Morgan fingerprint density at radius 2 is 1.80 bits per heavy atom. The fourth-order valence-electron chi connectivity index (χ4n) is 2.73. The predicted molar refractivity (Wildman–Crippen MR) is 82.8 cm³/mol. The number of carboxylic acids is 1. The van der Waals surface area contributed by atoms with Gasteiger partial charge in [0.2, 0.25) is 0 Å². The molecule has 0 saturated carbocycles. The molecule has 1 aliphatic rings. The van der Waals surface area contributed by atoms with Crippen LogP contribution in [-0.4, -0.2) is 39.1 Å². The molecule has 1 fully saturated rings. The third-order valence-electron chi connectivity index (χ3n) is 4.11. The Morgan fingerprint density at radius 1 is 1.16 bits per heavy atom. The van der Waals surface area contributed by atoms with Crippen molar-refractivity contribution in [2.24, 2.45) is 5.92 Å². The summed E-state index contributed by atoms with van der Waals surface area (Å²) >= 11 is 0. The summed E-state index contributed by atoms with van der Waals surface area (Å²) in [6, 6.07) is 3.98. The molecule has 6 nitrogen and oxygen atoms in total. The first-order valence-corrected chi connectivity index (χ1v) is 7.69. The number of rotatable bonds is 3. The number of hydrogen-bond acceptors (Lipinski definition) is 5. The molecule has 0 amide bonds. The van der Waals surface area contributed by atoms with Gasteiger partial charge in [-0.1, -0.05) is 0 Å². The highest BCUT2D eigenvalue weighted by Gasteiger charge is 2.35. The average molecular weight is 352 g/mol. The van der Waals surface area contributed by atoms with E-state index < -0.39 is 23.8 Å². The lowest BCUT2D eigenvalue weighted by atomic mass is 9.97. The van der Waals surface area contributed by atoms with Gasteiger partial charge in [-0.25, -0.2) is 9.97 Å². The SMILES string of the molecule is O=C(O)C1CCN(c2cc(C(F)(F)F)nc(-c3ccncc3)n2)CC1. The Hall–Kier alpha value is -2.71. The second-order valence-corrected chi connectivity index (χ2v) is 5.77. The maximum atomic E-state index is 13.2. The largest absolute Gasteiger partial charge is 0.481 e. The number of piperidine rings is 1. The lowest BCUT2D eigenvalue weighted by Crippen LogP contribution is -2.37. The number of carboxylic acid groups (broad SMARTS) is 1. The van der Waals surface area contributed by atoms with Crippen LogP contribution in [0.25, 0.3) is 11.4 Å². The van der Waals surface area contributed by atoms with E-state index in [1.165, 1.54) is 24.5 Å². The number of carbonyl (C=O) groups is 1. The molecule has 0 aliphatic carbocycles. The van der Waals surface area contributed by atoms with Gasteiger partial charge in [-0.05, 0) is 25.0 Å². The van der Waals surface area contributed by atoms with Gasteiger partial charge in [0.1, 0.15) is 5.82 Å². The molecule has 0 atom stereocenters. The van der Waals surface area contributed by atoms with Crippen LogP contribution in [0.1, 0.15) is 18.5 Å². The van der Waals surface area contributed by atoms with Gasteiger partial charge in [0, 0.05) is 37.1 Å². The van der Waals surface area contributed by atoms with Crippen molar-refractivity contribution in [3.05, 3.63) is 36.3 Å². The van der Waals surface area contributed by atoms with Gasteiger partial charge in [-0.15, -0.1) is 0 Å². The molecule has 1 aliphatic heterocycles. The number of anilines is 1. The lowest BCUT2D eigenvalue weighted by Gasteiger charge is -2.31. The molecule has 3 heterocycles. The molecule has 9 heteroatoms. The van der Waals surface area contributed by atoms with E-state index in [1.807, 2.05) is 0 Å². The summed E-state index contributed by atoms with van der Waals surface area (Å²) in [6.07, 6.45) is -0.955. The number of alkyl halides is 3. The third-order valence-corrected chi connectivity index (χ3v) is 4.11. The Kier molecular flexibility index (Phi) is 4.56. The Balaban J connectivity index is 1.95. The molecule has 3 rings (SSSR count). The van der Waals surface area contributed by atoms with E-state index in [-0.39, 0.29) is 11.6 Å². The number of aliphatic carboxylic acids is 1. The summed E-state index contributed by atoms with van der Waals surface area (Å²) in [5, 5.41) is 9.04. The van der Waals surface area contributed by atoms with Crippen LogP contribution < -0.4 is 4.90 Å². The van der Waals surface area contributed by atoms with Crippen molar-refractivity contribution in [1.29, 1.82) is 0 Å². The lowest BCUT2D eigenvalue weighted by molar-refractivity contribution is -0.142. The molecule has 25 heavy (non-hydrogen) atoms. The molecule has 0 aromatic carbocycles. The summed E-state index contributed by atoms with van der Waals surface area (Å²) in [4.78, 5) is 24.4. The zero-order chi connectivity index (χ0) is 18.0. The smallest absolute Gasteiger partial charge is 0.433 e. The molecule has 1 saturated heterocycles. The van der Waals surface area contributed by atoms with Gasteiger partial charge in [0.25, 0.3) is 0 Å². The Morgan fingerprint density at radius 3 is 2.36 bits per heavy atom. The van der Waals surface area contributed by atoms with Gasteiger partial charge in [-0.2, -0.15) is 13.2 Å². The van der Waals surface area contributed by atoms with Crippen LogP contribution in [0.5, 0.6) is 0 Å². The molecule has 1 N–H and O–H groups in total. The second-order valence-electron chi connectivity index (χ2n) is 5.77. The average Bonchev–Trinajstić information content (AvgIpc) is 2.61. The van der Waals surface area contributed by atoms with Crippen LogP contribution in [0, 0.1) is 5.92 Å². The van der Waals surface area contributed by atoms with Gasteiger partial charge in [0.05, 0.1) is 5.92 Å². The van der Waals surface area contributed by atoms with E-state index in [4.69, 9.17) is 5.11 Å². The topological polar surface area (TPSA) is 79.2 Å². The number of halogens is 3. The normalized spacial score (nSPS) is 16.0. The Bertz CT molecular complexity index is 760. The zero-order valence-electron chi connectivity index (χ0n) is 13.1. The first-order chi connectivity index (χ1) is 11.8. The van der Waals surface area contributed by atoms with Gasteiger partial charge >= 0.3 is 12.1 Å². The van der Waals surface area contributed by atoms with Crippen molar-refractivity contribution in [1.82, 2.24) is 15.0 Å². The maximum absolute atomic E-state index is 13.2. The van der Waals surface area contributed by atoms with Crippen LogP contribution in [0.15, 0.2) is 30.6 Å². The van der Waals surface area contributed by atoms with Crippen molar-refractivity contribution >= 4 is 11.8 Å². The quantitative estimate of drug-likeness (QED) is 0.915. The van der Waals surface area contributed by atoms with Crippen LogP contribution in [0.4, 0.5) is 19.0 Å². The fraction of sp³-hybridized carbons (Fsp3) is 0.375. The first-order valence-electron chi connectivity index (χ1n) is 7.69. The summed E-state index contributed by atoms with van der Waals surface area (Å²) < 4.78 is 39.6. The van der Waals surface area contributed by atoms with E-state index in [2.05, 4.69) is 15.0 Å². The van der Waals surface area contributed by atoms with Gasteiger partial charge < -0.3 is 10.0 Å². The summed E-state index contributed by atoms with van der Waals surface area (Å²) in [7, 11) is 0. The van der Waals surface area contributed by atoms with Crippen LogP contribution in [0.3, 0.4) is 0 Å². The molecule has 0 bridgehead atoms. The zero-order valence-corrected chi connectivity index (χ0v) is 13.1. The fourth-order valence-corrected chi connectivity index (χ4v) is 2.73. The molecule has 0 spiro atoms. The summed E-state index contributed by atoms with van der Waals surface area (Å²) in [6.45, 7) is 0.669. The van der Waals surface area contributed by atoms with E-state index in [0.717, 1.165) is 6.07 Å². The van der Waals surface area contributed by atoms with E-state index in [0.29, 0.717) is 31.5 Å². The number of hydrogen-bond donors (Lipinski definition) is 1. The second kappa shape index (κ2) is 6.66. The van der Waals surface area contributed by atoms with Crippen molar-refractivity contribution in [3.8, 4) is 11.4 Å². The first kappa shape index (κ1) is 17.1. The van der Waals surface area contributed by atoms with Crippen LogP contribution >= 0.6 is 0 Å². The third kappa shape index (κ3) is 3.86. The molecular weight excluding hydrogens is 337 g/mol. The van der Waals surface area contributed by atoms with Crippen molar-refractivity contribution in [2.75, 3.05) is 18.0 Å². The molecule has 2 aromatic heterocycles. The molecule has 2 aromatic rings. The van der Waals surface area contributed by atoms with Crippen LogP contribution in [-0.2, 0) is 11.0 Å². The molecule has 0 unspecified atom stereocenters. The predicted octanol–water partition coefficient (Wildman–Crippen LogP) is 2.86. The molecule has 0 radical (unpaired) electrons. The minimum absolute atomic E-state index is 0.0346. The Labute approximate surface area is 141 Å². The standard InChI is InChI=1S/C16H15F3N4O2/c17-16(18,19)12-9-13(23-7-3-11(4-8-23)15(24)25)22-14(21-12)10-1-5-20-6-2-10/h1-2,5-6,9,11H,3-4,7-8H2,(H,24,25). The summed E-state index contributed by atoms with van der Waals surface area (Å²) in [5.41, 5.74) is -0.590. The van der Waals surface area contributed by atoms with Crippen molar-refractivity contribution < 1.29 is 23.1 Å². The number of pyridine rings is 1. The van der Waals surface area contributed by atoms with Crippen molar-refractivity contribution in [2.45, 2.75) is 19.0 Å². The number of aromatic nitrogens is 3. The highest BCUT2D eigenvalue weighted by atomic mass is 19.4. The van der Waals surface area contributed by atoms with Gasteiger partial charge in [-0.3, -0.25) is 9.78 Å². The minimum atomic E-state index is -4.60. The molecule has 132 valence electrons. The van der Waals surface area contributed by atoms with Crippen molar-refractivity contribution in [3.63, 3.8) is 0 Å². The van der Waals surface area contributed by atoms with E-state index >= 15 is 0 Å². The monoisotopic (exact) mass is 352 g/mol. The summed E-state index contributed by atoms with van der Waals surface area (Å²) in [5.74, 6) is -1.24.